The van der Waals surface area contributed by atoms with Crippen LogP contribution in [0.3, 0.4) is 0 Å². The second kappa shape index (κ2) is 4.70. The standard InChI is InChI=1S/C15H24O4/c1-6-14(5)8-7-12(17-14)11(2)15(16)10-9-13(3,4)18-19-15/h6,9-12,16H,1,7-8H2,2-5H3/t11-,12-,14-,15?/m0/s1. The predicted molar refractivity (Wildman–Crippen MR) is 72.2 cm³/mol. The molecule has 4 atom stereocenters. The van der Waals surface area contributed by atoms with Gasteiger partial charge in [0, 0.05) is 5.92 Å². The van der Waals surface area contributed by atoms with Gasteiger partial charge in [-0.2, -0.15) is 4.89 Å². The number of hydrogen-bond donors (Lipinski definition) is 1. The van der Waals surface area contributed by atoms with E-state index in [0.717, 1.165) is 12.8 Å². The van der Waals surface area contributed by atoms with Crippen molar-refractivity contribution in [2.45, 2.75) is 63.6 Å². The van der Waals surface area contributed by atoms with Crippen LogP contribution >= 0.6 is 0 Å². The molecule has 4 nitrogen and oxygen atoms in total. The van der Waals surface area contributed by atoms with Gasteiger partial charge in [-0.05, 0) is 45.8 Å². The zero-order valence-electron chi connectivity index (χ0n) is 12.2. The number of aliphatic hydroxyl groups is 1. The maximum absolute atomic E-state index is 10.5. The Labute approximate surface area is 115 Å². The van der Waals surface area contributed by atoms with Crippen molar-refractivity contribution in [3.8, 4) is 0 Å². The Kier molecular flexibility index (Phi) is 3.64. The third-order valence-corrected chi connectivity index (χ3v) is 4.10. The van der Waals surface area contributed by atoms with Crippen LogP contribution in [0.15, 0.2) is 24.8 Å². The van der Waals surface area contributed by atoms with E-state index in [2.05, 4.69) is 6.58 Å². The highest BCUT2D eigenvalue weighted by molar-refractivity contribution is 5.09. The molecule has 0 radical (unpaired) electrons. The van der Waals surface area contributed by atoms with E-state index < -0.39 is 11.4 Å². The molecule has 1 fully saturated rings. The molecule has 1 saturated heterocycles. The summed E-state index contributed by atoms with van der Waals surface area (Å²) in [4.78, 5) is 10.4. The third-order valence-electron chi connectivity index (χ3n) is 4.10. The lowest BCUT2D eigenvalue weighted by Gasteiger charge is -2.39. The molecular formula is C15H24O4. The van der Waals surface area contributed by atoms with Crippen molar-refractivity contribution in [1.82, 2.24) is 0 Å². The third kappa shape index (κ3) is 2.92. The van der Waals surface area contributed by atoms with Gasteiger partial charge in [-0.1, -0.05) is 13.0 Å². The zero-order chi connectivity index (χ0) is 14.3. The van der Waals surface area contributed by atoms with Crippen LogP contribution in [0.1, 0.15) is 40.5 Å². The fraction of sp³-hybridized carbons (Fsp3) is 0.733. The Balaban J connectivity index is 2.09. The monoisotopic (exact) mass is 268 g/mol. The summed E-state index contributed by atoms with van der Waals surface area (Å²) in [5.74, 6) is -1.66. The predicted octanol–water partition coefficient (Wildman–Crippen LogP) is 2.73. The first-order valence-electron chi connectivity index (χ1n) is 6.81. The van der Waals surface area contributed by atoms with Gasteiger partial charge in [0.05, 0.1) is 11.7 Å². The van der Waals surface area contributed by atoms with Crippen LogP contribution in [-0.4, -0.2) is 28.2 Å². The van der Waals surface area contributed by atoms with E-state index in [1.165, 1.54) is 0 Å². The molecular weight excluding hydrogens is 244 g/mol. The fourth-order valence-electron chi connectivity index (χ4n) is 2.44. The first-order valence-corrected chi connectivity index (χ1v) is 6.81. The first-order chi connectivity index (χ1) is 8.70. The second-order valence-corrected chi connectivity index (χ2v) is 6.36. The molecule has 0 aromatic rings. The van der Waals surface area contributed by atoms with Gasteiger partial charge in [0.1, 0.15) is 5.60 Å². The Morgan fingerprint density at radius 2 is 2.00 bits per heavy atom. The quantitative estimate of drug-likeness (QED) is 0.631. The molecule has 2 aliphatic rings. The van der Waals surface area contributed by atoms with E-state index >= 15 is 0 Å². The van der Waals surface area contributed by atoms with Crippen molar-refractivity contribution in [1.29, 1.82) is 0 Å². The molecule has 2 rings (SSSR count). The SMILES string of the molecule is C=C[C@@]1(C)CC[C@@H]([C@H](C)C2(O)C=CC(C)(C)OO2)O1. The van der Waals surface area contributed by atoms with Gasteiger partial charge in [-0.25, -0.2) is 4.89 Å². The van der Waals surface area contributed by atoms with E-state index in [0.29, 0.717) is 0 Å². The molecule has 1 unspecified atom stereocenters. The number of ether oxygens (including phenoxy) is 1. The fourth-order valence-corrected chi connectivity index (χ4v) is 2.44. The Bertz CT molecular complexity index is 390. The Hall–Kier alpha value is -0.680. The molecule has 0 bridgehead atoms. The molecule has 2 heterocycles. The average molecular weight is 268 g/mol. The van der Waals surface area contributed by atoms with Crippen molar-refractivity contribution >= 4 is 0 Å². The van der Waals surface area contributed by atoms with Crippen LogP contribution in [0.5, 0.6) is 0 Å². The van der Waals surface area contributed by atoms with Crippen LogP contribution in [-0.2, 0) is 14.5 Å². The molecule has 0 aromatic heterocycles. The summed E-state index contributed by atoms with van der Waals surface area (Å²) in [6.07, 6.45) is 6.98. The van der Waals surface area contributed by atoms with Crippen LogP contribution in [0, 0.1) is 5.92 Å². The summed E-state index contributed by atoms with van der Waals surface area (Å²) in [5.41, 5.74) is -0.827. The van der Waals surface area contributed by atoms with Crippen LogP contribution < -0.4 is 0 Å². The van der Waals surface area contributed by atoms with Crippen LogP contribution in [0.2, 0.25) is 0 Å². The maximum atomic E-state index is 10.5. The van der Waals surface area contributed by atoms with E-state index in [9.17, 15) is 5.11 Å². The molecule has 0 aromatic carbocycles. The van der Waals surface area contributed by atoms with Crippen molar-refractivity contribution in [3.05, 3.63) is 24.8 Å². The Morgan fingerprint density at radius 3 is 2.47 bits per heavy atom. The van der Waals surface area contributed by atoms with Crippen molar-refractivity contribution in [3.63, 3.8) is 0 Å². The topological polar surface area (TPSA) is 47.9 Å². The van der Waals surface area contributed by atoms with E-state index in [4.69, 9.17) is 14.5 Å². The highest BCUT2D eigenvalue weighted by Crippen LogP contribution is 2.40. The smallest absolute Gasteiger partial charge is 0.223 e. The van der Waals surface area contributed by atoms with Crippen molar-refractivity contribution < 1.29 is 19.6 Å². The summed E-state index contributed by atoms with van der Waals surface area (Å²) >= 11 is 0. The Morgan fingerprint density at radius 1 is 1.32 bits per heavy atom. The van der Waals surface area contributed by atoms with Gasteiger partial charge in [-0.3, -0.25) is 0 Å². The van der Waals surface area contributed by atoms with E-state index in [1.807, 2.05) is 39.8 Å². The number of hydrogen-bond acceptors (Lipinski definition) is 4. The highest BCUT2D eigenvalue weighted by atomic mass is 17.2. The summed E-state index contributed by atoms with van der Waals surface area (Å²) in [5, 5.41) is 10.5. The van der Waals surface area contributed by atoms with Gasteiger partial charge in [-0.15, -0.1) is 6.58 Å². The van der Waals surface area contributed by atoms with Gasteiger partial charge in [0.2, 0.25) is 5.79 Å². The summed E-state index contributed by atoms with van der Waals surface area (Å²) in [6.45, 7) is 11.5. The number of rotatable bonds is 3. The van der Waals surface area contributed by atoms with Gasteiger partial charge < -0.3 is 9.84 Å². The minimum atomic E-state index is -1.44. The van der Waals surface area contributed by atoms with Gasteiger partial charge >= 0.3 is 0 Å². The largest absolute Gasteiger partial charge is 0.367 e. The summed E-state index contributed by atoms with van der Waals surface area (Å²) < 4.78 is 5.98. The summed E-state index contributed by atoms with van der Waals surface area (Å²) in [6, 6.07) is 0. The molecule has 4 heteroatoms. The maximum Gasteiger partial charge on any atom is 0.223 e. The van der Waals surface area contributed by atoms with E-state index in [-0.39, 0.29) is 17.6 Å². The highest BCUT2D eigenvalue weighted by Gasteiger charge is 2.47. The molecule has 2 aliphatic heterocycles. The normalized spacial score (nSPS) is 43.1. The minimum absolute atomic E-state index is 0.0811. The van der Waals surface area contributed by atoms with Gasteiger partial charge in [0.15, 0.2) is 0 Å². The van der Waals surface area contributed by atoms with E-state index in [1.54, 1.807) is 6.08 Å². The van der Waals surface area contributed by atoms with Crippen LogP contribution in [0.4, 0.5) is 0 Å². The van der Waals surface area contributed by atoms with Crippen molar-refractivity contribution in [2.24, 2.45) is 5.92 Å². The molecule has 0 saturated carbocycles. The van der Waals surface area contributed by atoms with Crippen LogP contribution in [0.25, 0.3) is 0 Å². The van der Waals surface area contributed by atoms with Crippen molar-refractivity contribution in [2.75, 3.05) is 0 Å². The summed E-state index contributed by atoms with van der Waals surface area (Å²) in [7, 11) is 0. The molecule has 19 heavy (non-hydrogen) atoms. The second-order valence-electron chi connectivity index (χ2n) is 6.36. The first kappa shape index (κ1) is 14.7. The molecule has 0 aliphatic carbocycles. The lowest BCUT2D eigenvalue weighted by Crippen LogP contribution is -2.48. The molecule has 1 N–H and O–H groups in total. The molecule has 108 valence electrons. The average Bonchev–Trinajstić information content (AvgIpc) is 2.76. The lowest BCUT2D eigenvalue weighted by molar-refractivity contribution is -0.454. The zero-order valence-corrected chi connectivity index (χ0v) is 12.2. The lowest BCUT2D eigenvalue weighted by atomic mass is 9.90. The van der Waals surface area contributed by atoms with Gasteiger partial charge in [0.25, 0.3) is 0 Å². The molecule has 0 amide bonds. The minimum Gasteiger partial charge on any atom is -0.367 e. The molecule has 0 spiro atoms.